The third-order valence-electron chi connectivity index (χ3n) is 4.96. The summed E-state index contributed by atoms with van der Waals surface area (Å²) in [5.74, 6) is 7.62. The van der Waals surface area contributed by atoms with E-state index in [0.717, 1.165) is 5.56 Å². The van der Waals surface area contributed by atoms with E-state index in [0.29, 0.717) is 49.0 Å². The molecule has 0 radical (unpaired) electrons. The summed E-state index contributed by atoms with van der Waals surface area (Å²) < 4.78 is 5.43. The summed E-state index contributed by atoms with van der Waals surface area (Å²) in [5.41, 5.74) is 2.22. The molecule has 6 heteroatoms. The number of rotatable bonds is 3. The van der Waals surface area contributed by atoms with E-state index in [9.17, 15) is 4.79 Å². The van der Waals surface area contributed by atoms with E-state index in [1.807, 2.05) is 41.3 Å². The Labute approximate surface area is 176 Å². The maximum atomic E-state index is 13.1. The molecule has 150 valence electrons. The van der Waals surface area contributed by atoms with Gasteiger partial charge in [0, 0.05) is 49.7 Å². The molecule has 0 unspecified atom stereocenters. The number of piperazine rings is 1. The van der Waals surface area contributed by atoms with E-state index in [-0.39, 0.29) is 5.91 Å². The second kappa shape index (κ2) is 9.10. The molecule has 0 spiro atoms. The molecule has 1 aliphatic heterocycles. The first-order valence-corrected chi connectivity index (χ1v) is 9.81. The lowest BCUT2D eigenvalue weighted by Gasteiger charge is -2.34. The van der Waals surface area contributed by atoms with Crippen LogP contribution in [0.5, 0.6) is 5.75 Å². The van der Waals surface area contributed by atoms with Crippen LogP contribution < -0.4 is 9.64 Å². The molecule has 6 nitrogen and oxygen atoms in total. The maximum absolute atomic E-state index is 13.1. The normalized spacial score (nSPS) is 13.4. The number of carbonyl (C=O) groups is 1. The van der Waals surface area contributed by atoms with Gasteiger partial charge in [-0.15, -0.1) is 0 Å². The molecule has 2 heterocycles. The minimum atomic E-state index is -0.00551. The summed E-state index contributed by atoms with van der Waals surface area (Å²) in [5, 5.41) is 0. The Morgan fingerprint density at radius 2 is 1.67 bits per heavy atom. The first kappa shape index (κ1) is 19.5. The molecular weight excluding hydrogens is 376 g/mol. The zero-order valence-corrected chi connectivity index (χ0v) is 16.8. The van der Waals surface area contributed by atoms with Crippen molar-refractivity contribution in [3.05, 3.63) is 83.7 Å². The van der Waals surface area contributed by atoms with Crippen LogP contribution in [0.15, 0.2) is 67.0 Å². The number of ether oxygens (including phenoxy) is 1. The van der Waals surface area contributed by atoms with Gasteiger partial charge in [0.2, 0.25) is 5.95 Å². The lowest BCUT2D eigenvalue weighted by Crippen LogP contribution is -2.49. The van der Waals surface area contributed by atoms with Crippen molar-refractivity contribution < 1.29 is 9.53 Å². The largest absolute Gasteiger partial charge is 0.495 e. The van der Waals surface area contributed by atoms with Crippen molar-refractivity contribution in [2.75, 3.05) is 38.2 Å². The Hall–Kier alpha value is -3.85. The molecule has 0 bridgehead atoms. The van der Waals surface area contributed by atoms with Crippen LogP contribution in [0.3, 0.4) is 0 Å². The van der Waals surface area contributed by atoms with Crippen LogP contribution in [0, 0.1) is 11.8 Å². The minimum Gasteiger partial charge on any atom is -0.495 e. The van der Waals surface area contributed by atoms with Crippen LogP contribution in [0.2, 0.25) is 0 Å². The number of aromatic nitrogens is 2. The van der Waals surface area contributed by atoms with Gasteiger partial charge >= 0.3 is 0 Å². The van der Waals surface area contributed by atoms with Crippen molar-refractivity contribution in [2.45, 2.75) is 0 Å². The highest BCUT2D eigenvalue weighted by Gasteiger charge is 2.23. The molecule has 0 aliphatic carbocycles. The number of carbonyl (C=O) groups excluding carboxylic acids is 1. The Kier molecular flexibility index (Phi) is 5.90. The summed E-state index contributed by atoms with van der Waals surface area (Å²) in [4.78, 5) is 25.6. The van der Waals surface area contributed by atoms with Crippen LogP contribution >= 0.6 is 0 Å². The van der Waals surface area contributed by atoms with Crippen molar-refractivity contribution in [3.63, 3.8) is 0 Å². The molecule has 1 amide bonds. The highest BCUT2D eigenvalue weighted by atomic mass is 16.5. The number of nitrogens with zero attached hydrogens (tertiary/aromatic N) is 4. The Morgan fingerprint density at radius 1 is 0.933 bits per heavy atom. The van der Waals surface area contributed by atoms with Crippen molar-refractivity contribution in [2.24, 2.45) is 0 Å². The van der Waals surface area contributed by atoms with Crippen LogP contribution in [-0.4, -0.2) is 54.1 Å². The van der Waals surface area contributed by atoms with Gasteiger partial charge in [0.1, 0.15) is 5.75 Å². The predicted octanol–water partition coefficient (Wildman–Crippen LogP) is 2.85. The van der Waals surface area contributed by atoms with Crippen molar-refractivity contribution in [1.82, 2.24) is 14.9 Å². The Balaban J connectivity index is 1.49. The molecule has 1 fully saturated rings. The first-order valence-electron chi connectivity index (χ1n) is 9.81. The fraction of sp³-hybridized carbons (Fsp3) is 0.208. The van der Waals surface area contributed by atoms with E-state index in [1.54, 1.807) is 37.7 Å². The number of hydrogen-bond donors (Lipinski definition) is 0. The monoisotopic (exact) mass is 398 g/mol. The quantitative estimate of drug-likeness (QED) is 0.635. The van der Waals surface area contributed by atoms with Crippen LogP contribution in [0.25, 0.3) is 0 Å². The molecule has 1 aromatic heterocycles. The van der Waals surface area contributed by atoms with E-state index in [1.165, 1.54) is 0 Å². The average molecular weight is 398 g/mol. The van der Waals surface area contributed by atoms with E-state index < -0.39 is 0 Å². The summed E-state index contributed by atoms with van der Waals surface area (Å²) in [7, 11) is 1.61. The highest BCUT2D eigenvalue weighted by molar-refractivity contribution is 5.95. The standard InChI is InChI=1S/C24H22N4O2/c1-30-22-11-10-21(18-20(22)9-8-19-6-3-2-4-7-19)23(29)27-14-16-28(17-15-27)24-25-12-5-13-26-24/h2-7,10-13,18H,14-17H2,1H3. The number of amides is 1. The molecule has 0 atom stereocenters. The highest BCUT2D eigenvalue weighted by Crippen LogP contribution is 2.21. The fourth-order valence-electron chi connectivity index (χ4n) is 3.35. The SMILES string of the molecule is COc1ccc(C(=O)N2CCN(c3ncccn3)CC2)cc1C#Cc1ccccc1. The van der Waals surface area contributed by atoms with Gasteiger partial charge in [-0.1, -0.05) is 30.0 Å². The topological polar surface area (TPSA) is 58.6 Å². The zero-order valence-electron chi connectivity index (χ0n) is 16.8. The van der Waals surface area contributed by atoms with Crippen LogP contribution in [0.4, 0.5) is 5.95 Å². The van der Waals surface area contributed by atoms with Gasteiger partial charge in [-0.3, -0.25) is 4.79 Å². The molecule has 30 heavy (non-hydrogen) atoms. The summed E-state index contributed by atoms with van der Waals surface area (Å²) in [6.07, 6.45) is 3.46. The molecule has 1 aliphatic rings. The third-order valence-corrected chi connectivity index (χ3v) is 4.96. The third kappa shape index (κ3) is 4.41. The van der Waals surface area contributed by atoms with Gasteiger partial charge in [0.05, 0.1) is 12.7 Å². The van der Waals surface area contributed by atoms with Crippen molar-refractivity contribution >= 4 is 11.9 Å². The molecule has 4 rings (SSSR count). The van der Waals surface area contributed by atoms with Crippen LogP contribution in [0.1, 0.15) is 21.5 Å². The molecule has 1 saturated heterocycles. The summed E-state index contributed by atoms with van der Waals surface area (Å²) in [6, 6.07) is 16.9. The van der Waals surface area contributed by atoms with Crippen molar-refractivity contribution in [3.8, 4) is 17.6 Å². The minimum absolute atomic E-state index is 0.00551. The zero-order chi connectivity index (χ0) is 20.8. The van der Waals surface area contributed by atoms with Gasteiger partial charge in [0.25, 0.3) is 5.91 Å². The predicted molar refractivity (Wildman–Crippen MR) is 116 cm³/mol. The second-order valence-corrected chi connectivity index (χ2v) is 6.86. The second-order valence-electron chi connectivity index (χ2n) is 6.86. The molecule has 0 N–H and O–H groups in total. The first-order chi connectivity index (χ1) is 14.7. The van der Waals surface area contributed by atoms with Gasteiger partial charge in [-0.2, -0.15) is 0 Å². The molecule has 0 saturated carbocycles. The maximum Gasteiger partial charge on any atom is 0.254 e. The Bertz CT molecular complexity index is 1070. The lowest BCUT2D eigenvalue weighted by molar-refractivity contribution is 0.0746. The molecular formula is C24H22N4O2. The van der Waals surface area contributed by atoms with E-state index >= 15 is 0 Å². The van der Waals surface area contributed by atoms with Gasteiger partial charge in [-0.05, 0) is 36.4 Å². The number of anilines is 1. The average Bonchev–Trinajstić information content (AvgIpc) is 2.83. The van der Waals surface area contributed by atoms with E-state index in [4.69, 9.17) is 4.74 Å². The smallest absolute Gasteiger partial charge is 0.254 e. The fourth-order valence-corrected chi connectivity index (χ4v) is 3.35. The van der Waals surface area contributed by atoms with Gasteiger partial charge < -0.3 is 14.5 Å². The Morgan fingerprint density at radius 3 is 2.37 bits per heavy atom. The number of benzene rings is 2. The summed E-state index contributed by atoms with van der Waals surface area (Å²) in [6.45, 7) is 2.64. The van der Waals surface area contributed by atoms with Gasteiger partial charge in [-0.25, -0.2) is 9.97 Å². The van der Waals surface area contributed by atoms with Gasteiger partial charge in [0.15, 0.2) is 0 Å². The van der Waals surface area contributed by atoms with Crippen LogP contribution in [-0.2, 0) is 0 Å². The molecule has 2 aromatic carbocycles. The molecule has 3 aromatic rings. The number of hydrogen-bond acceptors (Lipinski definition) is 5. The lowest BCUT2D eigenvalue weighted by atomic mass is 10.1. The number of methoxy groups -OCH3 is 1. The van der Waals surface area contributed by atoms with E-state index in [2.05, 4.69) is 26.7 Å². The van der Waals surface area contributed by atoms with Crippen molar-refractivity contribution in [1.29, 1.82) is 0 Å². The summed E-state index contributed by atoms with van der Waals surface area (Å²) >= 11 is 0.